The molecular formula is C19H22N4O2S2. The van der Waals surface area contributed by atoms with Gasteiger partial charge >= 0.3 is 0 Å². The monoisotopic (exact) mass is 402 g/mol. The second-order valence-electron chi connectivity index (χ2n) is 6.96. The molecule has 0 unspecified atom stereocenters. The predicted octanol–water partition coefficient (Wildman–Crippen LogP) is 3.64. The third-order valence-corrected chi connectivity index (χ3v) is 6.70. The van der Waals surface area contributed by atoms with E-state index in [2.05, 4.69) is 15.0 Å². The number of amides is 1. The molecule has 3 aromatic rings. The summed E-state index contributed by atoms with van der Waals surface area (Å²) in [7, 11) is 1.85. The third kappa shape index (κ3) is 3.69. The zero-order valence-corrected chi connectivity index (χ0v) is 17.3. The van der Waals surface area contributed by atoms with Crippen LogP contribution in [0.5, 0.6) is 0 Å². The van der Waals surface area contributed by atoms with Gasteiger partial charge in [-0.2, -0.15) is 0 Å². The lowest BCUT2D eigenvalue weighted by Gasteiger charge is -2.27. The van der Waals surface area contributed by atoms with Crippen molar-refractivity contribution in [2.75, 3.05) is 13.6 Å². The molecule has 0 aliphatic carbocycles. The van der Waals surface area contributed by atoms with Gasteiger partial charge in [-0.3, -0.25) is 9.69 Å². The number of fused-ring (bicyclic) bond motifs is 1. The van der Waals surface area contributed by atoms with Crippen LogP contribution in [0.4, 0.5) is 0 Å². The van der Waals surface area contributed by atoms with E-state index in [0.29, 0.717) is 6.54 Å². The summed E-state index contributed by atoms with van der Waals surface area (Å²) in [4.78, 5) is 22.6. The Morgan fingerprint density at radius 1 is 1.37 bits per heavy atom. The Kier molecular flexibility index (Phi) is 5.12. The van der Waals surface area contributed by atoms with Gasteiger partial charge in [0, 0.05) is 47.9 Å². The number of hydrogen-bond donors (Lipinski definition) is 0. The molecule has 0 N–H and O–H groups in total. The lowest BCUT2D eigenvalue weighted by molar-refractivity contribution is 0.0782. The van der Waals surface area contributed by atoms with Crippen molar-refractivity contribution < 1.29 is 9.32 Å². The van der Waals surface area contributed by atoms with Gasteiger partial charge in [-0.05, 0) is 25.8 Å². The highest BCUT2D eigenvalue weighted by atomic mass is 32.1. The molecule has 0 bridgehead atoms. The van der Waals surface area contributed by atoms with Crippen LogP contribution in [0.3, 0.4) is 0 Å². The van der Waals surface area contributed by atoms with Gasteiger partial charge in [0.1, 0.15) is 5.76 Å². The molecule has 0 fully saturated rings. The second kappa shape index (κ2) is 7.53. The lowest BCUT2D eigenvalue weighted by Crippen LogP contribution is -2.32. The zero-order chi connectivity index (χ0) is 19.0. The van der Waals surface area contributed by atoms with E-state index in [0.717, 1.165) is 48.8 Å². The van der Waals surface area contributed by atoms with Gasteiger partial charge in [0.25, 0.3) is 5.91 Å². The van der Waals surface area contributed by atoms with Gasteiger partial charge < -0.3 is 9.42 Å². The van der Waals surface area contributed by atoms with Crippen molar-refractivity contribution >= 4 is 28.6 Å². The topological polar surface area (TPSA) is 62.5 Å². The lowest BCUT2D eigenvalue weighted by atomic mass is 10.0. The van der Waals surface area contributed by atoms with E-state index in [1.807, 2.05) is 31.7 Å². The number of aryl methyl sites for hydroxylation is 2. The Labute approximate surface area is 166 Å². The van der Waals surface area contributed by atoms with Gasteiger partial charge in [0.15, 0.2) is 0 Å². The van der Waals surface area contributed by atoms with Crippen LogP contribution in [0.25, 0.3) is 0 Å². The molecule has 0 aromatic carbocycles. The minimum Gasteiger partial charge on any atom is -0.361 e. The summed E-state index contributed by atoms with van der Waals surface area (Å²) < 4.78 is 5.28. The first-order chi connectivity index (χ1) is 13.0. The molecule has 0 radical (unpaired) electrons. The van der Waals surface area contributed by atoms with Crippen molar-refractivity contribution in [2.24, 2.45) is 0 Å². The van der Waals surface area contributed by atoms with Gasteiger partial charge in [0.05, 0.1) is 29.0 Å². The summed E-state index contributed by atoms with van der Waals surface area (Å²) in [5.74, 6) is 0.976. The summed E-state index contributed by atoms with van der Waals surface area (Å²) in [5.41, 5.74) is 6.94. The highest BCUT2D eigenvalue weighted by Crippen LogP contribution is 2.31. The number of rotatable bonds is 5. The zero-order valence-electron chi connectivity index (χ0n) is 15.7. The van der Waals surface area contributed by atoms with Crippen molar-refractivity contribution in [1.29, 1.82) is 0 Å². The summed E-state index contributed by atoms with van der Waals surface area (Å²) in [5, 5.41) is 8.05. The molecule has 142 valence electrons. The maximum atomic E-state index is 12.9. The quantitative estimate of drug-likeness (QED) is 0.652. The van der Waals surface area contributed by atoms with Crippen LogP contribution < -0.4 is 0 Å². The summed E-state index contributed by atoms with van der Waals surface area (Å²) >= 11 is 3.24. The predicted molar refractivity (Wildman–Crippen MR) is 106 cm³/mol. The number of nitrogens with zero attached hydrogens (tertiary/aromatic N) is 4. The average molecular weight is 403 g/mol. The van der Waals surface area contributed by atoms with Gasteiger partial charge in [0.2, 0.25) is 0 Å². The van der Waals surface area contributed by atoms with Crippen LogP contribution in [0, 0.1) is 13.8 Å². The van der Waals surface area contributed by atoms with Crippen LogP contribution in [-0.2, 0) is 26.1 Å². The van der Waals surface area contributed by atoms with E-state index in [-0.39, 0.29) is 5.91 Å². The molecule has 4 heterocycles. The molecule has 1 aliphatic heterocycles. The first-order valence-electron chi connectivity index (χ1n) is 8.88. The third-order valence-electron chi connectivity index (χ3n) is 5.05. The van der Waals surface area contributed by atoms with Gasteiger partial charge in [-0.25, -0.2) is 4.98 Å². The highest BCUT2D eigenvalue weighted by molar-refractivity contribution is 7.10. The smallest absolute Gasteiger partial charge is 0.255 e. The molecule has 0 saturated carbocycles. The maximum Gasteiger partial charge on any atom is 0.255 e. The molecule has 0 spiro atoms. The summed E-state index contributed by atoms with van der Waals surface area (Å²) in [6.07, 6.45) is 0.897. The number of aromatic nitrogens is 2. The second-order valence-corrected chi connectivity index (χ2v) is 8.64. The van der Waals surface area contributed by atoms with E-state index in [1.54, 1.807) is 33.1 Å². The van der Waals surface area contributed by atoms with E-state index in [4.69, 9.17) is 4.52 Å². The fraction of sp³-hybridized carbons (Fsp3) is 0.421. The summed E-state index contributed by atoms with van der Waals surface area (Å²) in [6.45, 7) is 7.14. The maximum absolute atomic E-state index is 12.9. The highest BCUT2D eigenvalue weighted by Gasteiger charge is 2.26. The number of carbonyl (C=O) groups is 1. The van der Waals surface area contributed by atoms with Crippen molar-refractivity contribution in [3.8, 4) is 0 Å². The Hall–Kier alpha value is -2.03. The Morgan fingerprint density at radius 3 is 2.93 bits per heavy atom. The van der Waals surface area contributed by atoms with E-state index in [1.165, 1.54) is 16.0 Å². The van der Waals surface area contributed by atoms with Crippen LogP contribution >= 0.6 is 22.7 Å². The van der Waals surface area contributed by atoms with Crippen LogP contribution in [0.15, 0.2) is 20.8 Å². The number of carbonyl (C=O) groups excluding carboxylic acids is 1. The van der Waals surface area contributed by atoms with E-state index < -0.39 is 0 Å². The van der Waals surface area contributed by atoms with E-state index in [9.17, 15) is 4.79 Å². The minimum absolute atomic E-state index is 0.0830. The van der Waals surface area contributed by atoms with Crippen molar-refractivity contribution in [1.82, 2.24) is 19.9 Å². The fourth-order valence-corrected chi connectivity index (χ4v) is 5.15. The molecule has 6 nitrogen and oxygen atoms in total. The van der Waals surface area contributed by atoms with E-state index >= 15 is 0 Å². The van der Waals surface area contributed by atoms with Crippen LogP contribution in [-0.4, -0.2) is 39.4 Å². The SMILES string of the molecule is Cc1noc(C)c1CN1CCc2c(C(=O)N(C)Cc3cscn3)csc2C1. The van der Waals surface area contributed by atoms with Crippen molar-refractivity contribution in [3.63, 3.8) is 0 Å². The standard InChI is InChI=1S/C19H22N4O2S2/c1-12-16(13(2)25-21-12)7-23-5-4-15-17(10-27-18(15)8-23)19(24)22(3)6-14-9-26-11-20-14/h9-11H,4-8H2,1-3H3. The molecule has 0 atom stereocenters. The normalized spacial score (nSPS) is 14.3. The molecule has 1 aliphatic rings. The first-order valence-corrected chi connectivity index (χ1v) is 10.7. The fourth-order valence-electron chi connectivity index (χ4n) is 3.48. The Balaban J connectivity index is 1.46. The average Bonchev–Trinajstić information content (AvgIpc) is 3.38. The molecule has 1 amide bonds. The molecule has 0 saturated heterocycles. The first kappa shape index (κ1) is 18.3. The summed E-state index contributed by atoms with van der Waals surface area (Å²) in [6, 6.07) is 0. The Bertz CT molecular complexity index is 926. The van der Waals surface area contributed by atoms with Gasteiger partial charge in [-0.1, -0.05) is 5.16 Å². The molecule has 27 heavy (non-hydrogen) atoms. The number of thiazole rings is 1. The molecule has 3 aromatic heterocycles. The van der Waals surface area contributed by atoms with Crippen molar-refractivity contribution in [3.05, 3.63) is 55.0 Å². The number of thiophene rings is 1. The minimum atomic E-state index is 0.0830. The molecule has 8 heteroatoms. The van der Waals surface area contributed by atoms with Crippen molar-refractivity contribution in [2.45, 2.75) is 39.9 Å². The van der Waals surface area contributed by atoms with Gasteiger partial charge in [-0.15, -0.1) is 22.7 Å². The number of hydrogen-bond acceptors (Lipinski definition) is 7. The van der Waals surface area contributed by atoms with Crippen LogP contribution in [0.2, 0.25) is 0 Å². The molecular weight excluding hydrogens is 380 g/mol. The Morgan fingerprint density at radius 2 is 2.22 bits per heavy atom. The largest absolute Gasteiger partial charge is 0.361 e. The van der Waals surface area contributed by atoms with Crippen LogP contribution in [0.1, 0.15) is 43.5 Å². The molecule has 4 rings (SSSR count).